The first-order chi connectivity index (χ1) is 6.81. The highest BCUT2D eigenvalue weighted by atomic mass is 16.7. The van der Waals surface area contributed by atoms with Crippen LogP contribution in [0, 0.1) is 0 Å². The number of ether oxygens (including phenoxy) is 3. The van der Waals surface area contributed by atoms with Crippen LogP contribution in [0.4, 0.5) is 0 Å². The Morgan fingerprint density at radius 2 is 2.14 bits per heavy atom. The molecule has 0 aromatic heterocycles. The van der Waals surface area contributed by atoms with Gasteiger partial charge < -0.3 is 14.2 Å². The van der Waals surface area contributed by atoms with E-state index in [1.165, 1.54) is 0 Å². The highest BCUT2D eigenvalue weighted by Gasteiger charge is 2.33. The maximum absolute atomic E-state index is 10.4. The Hall–Kier alpha value is -0.970. The Balaban J connectivity index is 2.38. The molecular weight excluding hydrogens is 184 g/mol. The van der Waals surface area contributed by atoms with Crippen LogP contribution in [0.1, 0.15) is 0 Å². The summed E-state index contributed by atoms with van der Waals surface area (Å²) < 4.78 is 15.6. The fourth-order valence-electron chi connectivity index (χ4n) is 1.20. The number of hydrogen-bond donors (Lipinski definition) is 0. The lowest BCUT2D eigenvalue weighted by atomic mass is 10.2. The zero-order valence-corrected chi connectivity index (χ0v) is 7.93. The monoisotopic (exact) mass is 198 g/mol. The van der Waals surface area contributed by atoms with Crippen molar-refractivity contribution in [1.82, 2.24) is 0 Å². The third-order valence-electron chi connectivity index (χ3n) is 1.83. The first kappa shape index (κ1) is 11.1. The third kappa shape index (κ3) is 2.77. The van der Waals surface area contributed by atoms with Crippen molar-refractivity contribution < 1.29 is 19.0 Å². The van der Waals surface area contributed by atoms with Gasteiger partial charge in [0.2, 0.25) is 6.29 Å². The molecule has 1 saturated heterocycles. The van der Waals surface area contributed by atoms with E-state index in [9.17, 15) is 4.79 Å². The average Bonchev–Trinajstić information content (AvgIpc) is 2.61. The van der Waals surface area contributed by atoms with Gasteiger partial charge in [0.25, 0.3) is 0 Å². The molecule has 0 aromatic rings. The predicted molar refractivity (Wildman–Crippen MR) is 50.8 cm³/mol. The van der Waals surface area contributed by atoms with E-state index in [1.54, 1.807) is 12.2 Å². The molecule has 1 fully saturated rings. The van der Waals surface area contributed by atoms with E-state index in [2.05, 4.69) is 13.2 Å². The van der Waals surface area contributed by atoms with Crippen molar-refractivity contribution in [3.8, 4) is 0 Å². The van der Waals surface area contributed by atoms with Gasteiger partial charge in [0.15, 0.2) is 6.29 Å². The molecule has 1 rings (SSSR count). The Morgan fingerprint density at radius 1 is 1.36 bits per heavy atom. The summed E-state index contributed by atoms with van der Waals surface area (Å²) in [5, 5.41) is 0. The van der Waals surface area contributed by atoms with E-state index >= 15 is 0 Å². The first-order valence-corrected chi connectivity index (χ1v) is 4.39. The van der Waals surface area contributed by atoms with Crippen LogP contribution in [0.15, 0.2) is 25.3 Å². The quantitative estimate of drug-likeness (QED) is 0.358. The number of aldehydes is 1. The molecule has 78 valence electrons. The van der Waals surface area contributed by atoms with E-state index < -0.39 is 6.29 Å². The lowest BCUT2D eigenvalue weighted by molar-refractivity contribution is -0.135. The van der Waals surface area contributed by atoms with Crippen LogP contribution in [0.3, 0.4) is 0 Å². The molecule has 0 bridgehead atoms. The fourth-order valence-corrected chi connectivity index (χ4v) is 1.20. The van der Waals surface area contributed by atoms with E-state index in [0.29, 0.717) is 19.5 Å². The van der Waals surface area contributed by atoms with Gasteiger partial charge in [0, 0.05) is 0 Å². The molecule has 3 atom stereocenters. The maximum Gasteiger partial charge on any atom is 0.215 e. The van der Waals surface area contributed by atoms with Gasteiger partial charge in [-0.25, -0.2) is 0 Å². The summed E-state index contributed by atoms with van der Waals surface area (Å²) in [6.07, 6.45) is 2.53. The van der Waals surface area contributed by atoms with Crippen molar-refractivity contribution in [2.75, 3.05) is 13.2 Å². The molecule has 3 unspecified atom stereocenters. The molecule has 0 saturated carbocycles. The molecule has 14 heavy (non-hydrogen) atoms. The third-order valence-corrected chi connectivity index (χ3v) is 1.83. The second-order valence-electron chi connectivity index (χ2n) is 2.84. The lowest BCUT2D eigenvalue weighted by Crippen LogP contribution is -2.25. The summed E-state index contributed by atoms with van der Waals surface area (Å²) in [6.45, 7) is 7.94. The largest absolute Gasteiger partial charge is 0.375 e. The molecule has 1 aliphatic rings. The Bertz CT molecular complexity index is 214. The summed E-state index contributed by atoms with van der Waals surface area (Å²) in [4.78, 5) is 10.4. The van der Waals surface area contributed by atoms with Crippen molar-refractivity contribution in [1.29, 1.82) is 0 Å². The topological polar surface area (TPSA) is 44.8 Å². The van der Waals surface area contributed by atoms with Crippen LogP contribution in [-0.4, -0.2) is 38.0 Å². The van der Waals surface area contributed by atoms with Crippen molar-refractivity contribution in [2.24, 2.45) is 0 Å². The molecule has 0 N–H and O–H groups in total. The molecule has 0 spiro atoms. The molecular formula is C10H14O4. The summed E-state index contributed by atoms with van der Waals surface area (Å²) >= 11 is 0. The minimum Gasteiger partial charge on any atom is -0.375 e. The molecule has 1 heterocycles. The van der Waals surface area contributed by atoms with Crippen LogP contribution in [0.25, 0.3) is 0 Å². The molecule has 4 heteroatoms. The molecule has 0 aromatic carbocycles. The van der Waals surface area contributed by atoms with Crippen molar-refractivity contribution in [2.45, 2.75) is 18.5 Å². The number of carbonyl (C=O) groups excluding carboxylic acids is 1. The van der Waals surface area contributed by atoms with Crippen molar-refractivity contribution in [3.63, 3.8) is 0 Å². The summed E-state index contributed by atoms with van der Waals surface area (Å²) in [7, 11) is 0. The normalized spacial score (nSPS) is 31.3. The van der Waals surface area contributed by atoms with Gasteiger partial charge in [0.05, 0.1) is 13.2 Å². The van der Waals surface area contributed by atoms with Crippen molar-refractivity contribution >= 4 is 6.29 Å². The van der Waals surface area contributed by atoms with Crippen LogP contribution in [0.2, 0.25) is 0 Å². The van der Waals surface area contributed by atoms with Gasteiger partial charge in [-0.05, 0) is 0 Å². The van der Waals surface area contributed by atoms with Gasteiger partial charge in [0.1, 0.15) is 12.2 Å². The van der Waals surface area contributed by atoms with Gasteiger partial charge in [-0.15, -0.1) is 13.2 Å². The maximum atomic E-state index is 10.4. The average molecular weight is 198 g/mol. The lowest BCUT2D eigenvalue weighted by Gasteiger charge is -2.12. The SMILES string of the molecule is C=CCOCC1OC(C=O)OC1C=C. The van der Waals surface area contributed by atoms with Crippen LogP contribution in [-0.2, 0) is 19.0 Å². The van der Waals surface area contributed by atoms with Crippen LogP contribution in [0.5, 0.6) is 0 Å². The minimum atomic E-state index is -0.796. The second kappa shape index (κ2) is 5.70. The zero-order valence-electron chi connectivity index (χ0n) is 7.93. The Kier molecular flexibility index (Phi) is 4.52. The minimum absolute atomic E-state index is 0.261. The molecule has 4 nitrogen and oxygen atoms in total. The van der Waals surface area contributed by atoms with Gasteiger partial charge in [-0.3, -0.25) is 4.79 Å². The van der Waals surface area contributed by atoms with Gasteiger partial charge >= 0.3 is 0 Å². The zero-order chi connectivity index (χ0) is 10.4. The fraction of sp³-hybridized carbons (Fsp3) is 0.500. The highest BCUT2D eigenvalue weighted by Crippen LogP contribution is 2.18. The molecule has 0 amide bonds. The van der Waals surface area contributed by atoms with Gasteiger partial charge in [-0.2, -0.15) is 0 Å². The molecule has 0 aliphatic carbocycles. The van der Waals surface area contributed by atoms with E-state index in [4.69, 9.17) is 14.2 Å². The summed E-state index contributed by atoms with van der Waals surface area (Å²) in [6, 6.07) is 0. The molecule has 0 radical (unpaired) electrons. The number of carbonyl (C=O) groups is 1. The number of hydrogen-bond acceptors (Lipinski definition) is 4. The van der Waals surface area contributed by atoms with E-state index in [1.807, 2.05) is 0 Å². The van der Waals surface area contributed by atoms with E-state index in [-0.39, 0.29) is 12.2 Å². The second-order valence-corrected chi connectivity index (χ2v) is 2.84. The Labute approximate surface area is 83.1 Å². The highest BCUT2D eigenvalue weighted by molar-refractivity contribution is 5.54. The molecule has 1 aliphatic heterocycles. The number of rotatable bonds is 6. The van der Waals surface area contributed by atoms with Gasteiger partial charge in [-0.1, -0.05) is 12.2 Å². The van der Waals surface area contributed by atoms with E-state index in [0.717, 1.165) is 0 Å². The smallest absolute Gasteiger partial charge is 0.215 e. The summed E-state index contributed by atoms with van der Waals surface area (Å²) in [5.74, 6) is 0. The van der Waals surface area contributed by atoms with Crippen LogP contribution < -0.4 is 0 Å². The van der Waals surface area contributed by atoms with Crippen LogP contribution >= 0.6 is 0 Å². The standard InChI is InChI=1S/C10H14O4/c1-3-5-12-7-9-8(4-2)13-10(6-11)14-9/h3-4,6,8-10H,1-2,5,7H2. The van der Waals surface area contributed by atoms with Crippen molar-refractivity contribution in [3.05, 3.63) is 25.3 Å². The summed E-state index contributed by atoms with van der Waals surface area (Å²) in [5.41, 5.74) is 0. The Morgan fingerprint density at radius 3 is 2.71 bits per heavy atom. The predicted octanol–water partition coefficient (Wildman–Crippen LogP) is 0.684. The first-order valence-electron chi connectivity index (χ1n) is 4.39.